The summed E-state index contributed by atoms with van der Waals surface area (Å²) in [6.07, 6.45) is 3.11. The summed E-state index contributed by atoms with van der Waals surface area (Å²) < 4.78 is 16.4. The van der Waals surface area contributed by atoms with Crippen LogP contribution in [0.5, 0.6) is 0 Å². The zero-order chi connectivity index (χ0) is 26.4. The highest BCUT2D eigenvalue weighted by Gasteiger charge is 2.25. The number of aromatic amines is 1. The summed E-state index contributed by atoms with van der Waals surface area (Å²) in [7, 11) is 0. The van der Waals surface area contributed by atoms with Gasteiger partial charge in [-0.25, -0.2) is 9.67 Å². The zero-order valence-corrected chi connectivity index (χ0v) is 22.0. The van der Waals surface area contributed by atoms with E-state index in [1.807, 2.05) is 20.8 Å². The lowest BCUT2D eigenvalue weighted by Gasteiger charge is -2.19. The van der Waals surface area contributed by atoms with Crippen LogP contribution in [0.15, 0.2) is 18.3 Å². The number of nitrogens with one attached hydrogen (secondary N) is 3. The fourth-order valence-electron chi connectivity index (χ4n) is 3.76. The summed E-state index contributed by atoms with van der Waals surface area (Å²) in [6, 6.07) is 1.99. The van der Waals surface area contributed by atoms with Gasteiger partial charge in [0.15, 0.2) is 0 Å². The lowest BCUT2D eigenvalue weighted by molar-refractivity contribution is -0.118. The van der Waals surface area contributed by atoms with E-state index in [2.05, 4.69) is 36.1 Å². The number of alkyl halides is 2. The Kier molecular flexibility index (Phi) is 9.38. The Hall–Kier alpha value is -3.05. The van der Waals surface area contributed by atoms with E-state index in [-0.39, 0.29) is 29.5 Å². The minimum atomic E-state index is -0.951. The van der Waals surface area contributed by atoms with Gasteiger partial charge < -0.3 is 10.6 Å². The highest BCUT2D eigenvalue weighted by atomic mass is 35.5. The molecule has 0 radical (unpaired) electrons. The van der Waals surface area contributed by atoms with Gasteiger partial charge in [0.2, 0.25) is 11.9 Å². The smallest absolute Gasteiger partial charge is 0.271 e. The standard InChI is InChI=1S/C23H29Cl2FN8O2/c1-5-15-20(13(4)31-32-15)14-9-10-19(29-21(14)26)30-22(35)16(7-6-8-18(24)25)28-23(36)17-11-27-33-34(17)12(2)3/h9-12,16,18H,5-8H2,1-4H3,(H,28,36)(H,31,32)(H,29,30,35)/t16-/m0/s1. The minimum absolute atomic E-state index is 0.0150. The molecule has 3 rings (SSSR count). The molecule has 0 spiro atoms. The Morgan fingerprint density at radius 1 is 1.22 bits per heavy atom. The summed E-state index contributed by atoms with van der Waals surface area (Å²) in [5, 5.41) is 20.1. The Labute approximate surface area is 218 Å². The van der Waals surface area contributed by atoms with Gasteiger partial charge in [0.1, 0.15) is 22.4 Å². The van der Waals surface area contributed by atoms with Crippen molar-refractivity contribution in [3.05, 3.63) is 41.4 Å². The number of hydrogen-bond donors (Lipinski definition) is 3. The number of halogens is 3. The van der Waals surface area contributed by atoms with Crippen molar-refractivity contribution in [2.24, 2.45) is 0 Å². The second-order valence-corrected chi connectivity index (χ2v) is 9.83. The molecule has 3 heterocycles. The fraction of sp³-hybridized carbons (Fsp3) is 0.478. The molecule has 2 amide bonds. The van der Waals surface area contributed by atoms with Crippen molar-refractivity contribution in [1.29, 1.82) is 0 Å². The molecule has 0 aromatic carbocycles. The lowest BCUT2D eigenvalue weighted by Crippen LogP contribution is -2.44. The molecule has 1 atom stereocenters. The minimum Gasteiger partial charge on any atom is -0.339 e. The number of rotatable bonds is 11. The van der Waals surface area contributed by atoms with Gasteiger partial charge in [-0.15, -0.1) is 28.3 Å². The second kappa shape index (κ2) is 12.3. The van der Waals surface area contributed by atoms with Gasteiger partial charge >= 0.3 is 0 Å². The molecule has 13 heteroatoms. The van der Waals surface area contributed by atoms with Crippen molar-refractivity contribution < 1.29 is 14.0 Å². The molecule has 0 fully saturated rings. The molecular weight excluding hydrogens is 510 g/mol. The van der Waals surface area contributed by atoms with Crippen molar-refractivity contribution in [2.75, 3.05) is 5.32 Å². The molecule has 0 saturated carbocycles. The molecule has 3 aromatic heterocycles. The summed E-state index contributed by atoms with van der Waals surface area (Å²) >= 11 is 11.6. The first-order chi connectivity index (χ1) is 17.1. The van der Waals surface area contributed by atoms with E-state index in [1.165, 1.54) is 16.9 Å². The molecule has 3 aromatic rings. The normalized spacial score (nSPS) is 12.2. The molecule has 10 nitrogen and oxygen atoms in total. The van der Waals surface area contributed by atoms with Crippen LogP contribution >= 0.6 is 23.2 Å². The summed E-state index contributed by atoms with van der Waals surface area (Å²) in [4.78, 5) is 29.3. The highest BCUT2D eigenvalue weighted by Crippen LogP contribution is 2.28. The lowest BCUT2D eigenvalue weighted by atomic mass is 10.0. The predicted molar refractivity (Wildman–Crippen MR) is 136 cm³/mol. The molecule has 3 N–H and O–H groups in total. The van der Waals surface area contributed by atoms with E-state index >= 15 is 0 Å². The molecular formula is C23H29Cl2FN8O2. The van der Waals surface area contributed by atoms with Crippen molar-refractivity contribution in [3.8, 4) is 11.1 Å². The van der Waals surface area contributed by atoms with Crippen LogP contribution in [0.1, 0.15) is 68.0 Å². The molecule has 0 bridgehead atoms. The maximum atomic E-state index is 14.9. The number of anilines is 1. The Morgan fingerprint density at radius 2 is 1.97 bits per heavy atom. The number of pyridine rings is 1. The number of carbonyl (C=O) groups excluding carboxylic acids is 2. The molecule has 0 aliphatic rings. The van der Waals surface area contributed by atoms with E-state index in [0.29, 0.717) is 24.8 Å². The number of nitrogens with zero attached hydrogens (tertiary/aromatic N) is 5. The quantitative estimate of drug-likeness (QED) is 0.245. The first kappa shape index (κ1) is 27.5. The number of carbonyl (C=O) groups is 2. The van der Waals surface area contributed by atoms with Crippen LogP contribution in [0.4, 0.5) is 10.2 Å². The third kappa shape index (κ3) is 6.58. The Balaban J connectivity index is 1.78. The molecule has 36 heavy (non-hydrogen) atoms. The molecule has 194 valence electrons. The maximum absolute atomic E-state index is 14.9. The maximum Gasteiger partial charge on any atom is 0.271 e. The molecule has 0 aliphatic carbocycles. The van der Waals surface area contributed by atoms with Crippen LogP contribution in [0.3, 0.4) is 0 Å². The number of hydrogen-bond acceptors (Lipinski definition) is 6. The highest BCUT2D eigenvalue weighted by molar-refractivity contribution is 6.44. The summed E-state index contributed by atoms with van der Waals surface area (Å²) in [5.41, 5.74) is 2.59. The van der Waals surface area contributed by atoms with Crippen molar-refractivity contribution in [3.63, 3.8) is 0 Å². The van der Waals surface area contributed by atoms with Crippen LogP contribution in [0.25, 0.3) is 11.1 Å². The molecule has 0 aliphatic heterocycles. The first-order valence-electron chi connectivity index (χ1n) is 11.6. The van der Waals surface area contributed by atoms with Gasteiger partial charge in [-0.2, -0.15) is 9.49 Å². The number of aryl methyl sites for hydroxylation is 2. The predicted octanol–water partition coefficient (Wildman–Crippen LogP) is 4.37. The SMILES string of the molecule is CCc1n[nH]c(C)c1-c1ccc(NC(=O)[C@H](CCCC(Cl)Cl)NC(=O)c2cnnn2C(C)C)nc1F. The van der Waals surface area contributed by atoms with Crippen LogP contribution in [0.2, 0.25) is 0 Å². The first-order valence-corrected chi connectivity index (χ1v) is 12.5. The van der Waals surface area contributed by atoms with E-state index in [4.69, 9.17) is 23.2 Å². The van der Waals surface area contributed by atoms with E-state index < -0.39 is 28.6 Å². The third-order valence-electron chi connectivity index (χ3n) is 5.56. The average molecular weight is 539 g/mol. The van der Waals surface area contributed by atoms with Crippen molar-refractivity contribution >= 4 is 40.8 Å². The molecule has 0 saturated heterocycles. The third-order valence-corrected chi connectivity index (χ3v) is 6.00. The van der Waals surface area contributed by atoms with Gasteiger partial charge in [-0.3, -0.25) is 14.7 Å². The van der Waals surface area contributed by atoms with Gasteiger partial charge in [-0.1, -0.05) is 12.1 Å². The summed E-state index contributed by atoms with van der Waals surface area (Å²) in [6.45, 7) is 7.44. The average Bonchev–Trinajstić information content (AvgIpc) is 3.45. The number of H-pyrrole nitrogens is 1. The van der Waals surface area contributed by atoms with Gasteiger partial charge in [-0.05, 0) is 58.6 Å². The van der Waals surface area contributed by atoms with Crippen molar-refractivity contribution in [2.45, 2.75) is 70.3 Å². The van der Waals surface area contributed by atoms with Crippen molar-refractivity contribution in [1.82, 2.24) is 35.5 Å². The van der Waals surface area contributed by atoms with Crippen LogP contribution in [-0.4, -0.2) is 52.9 Å². The van der Waals surface area contributed by atoms with Gasteiger partial charge in [0.05, 0.1) is 11.9 Å². The van der Waals surface area contributed by atoms with E-state index in [0.717, 1.165) is 11.4 Å². The Bertz CT molecular complexity index is 1210. The number of amides is 2. The van der Waals surface area contributed by atoms with Gasteiger partial charge in [0, 0.05) is 22.9 Å². The van der Waals surface area contributed by atoms with Gasteiger partial charge in [0.25, 0.3) is 5.91 Å². The second-order valence-electron chi connectivity index (χ2n) is 8.55. The van der Waals surface area contributed by atoms with Crippen LogP contribution < -0.4 is 10.6 Å². The van der Waals surface area contributed by atoms with Crippen LogP contribution in [0, 0.1) is 12.9 Å². The fourth-order valence-corrected chi connectivity index (χ4v) is 4.07. The monoisotopic (exact) mass is 538 g/mol. The van der Waals surface area contributed by atoms with Crippen LogP contribution in [-0.2, 0) is 11.2 Å². The molecule has 0 unspecified atom stereocenters. The summed E-state index contributed by atoms with van der Waals surface area (Å²) in [5.74, 6) is -1.80. The Morgan fingerprint density at radius 3 is 2.61 bits per heavy atom. The van der Waals surface area contributed by atoms with E-state index in [1.54, 1.807) is 13.0 Å². The van der Waals surface area contributed by atoms with E-state index in [9.17, 15) is 14.0 Å². The topological polar surface area (TPSA) is 130 Å². The zero-order valence-electron chi connectivity index (χ0n) is 20.5. The number of aromatic nitrogens is 6. The largest absolute Gasteiger partial charge is 0.339 e.